The molecule has 0 aromatic heterocycles. The molecule has 8 nitrogen and oxygen atoms in total. The highest BCUT2D eigenvalue weighted by Crippen LogP contribution is 2.34. The molecule has 1 aliphatic rings. The van der Waals surface area contributed by atoms with E-state index in [9.17, 15) is 18.0 Å². The minimum absolute atomic E-state index is 0.0880. The van der Waals surface area contributed by atoms with Crippen molar-refractivity contribution in [3.63, 3.8) is 0 Å². The zero-order valence-electron chi connectivity index (χ0n) is 19.5. The van der Waals surface area contributed by atoms with E-state index in [0.29, 0.717) is 22.7 Å². The lowest BCUT2D eigenvalue weighted by Crippen LogP contribution is -2.36. The smallest absolute Gasteiger partial charge is 0.265 e. The Morgan fingerprint density at radius 2 is 1.63 bits per heavy atom. The molecule has 0 fully saturated rings. The van der Waals surface area contributed by atoms with Crippen LogP contribution in [-0.4, -0.2) is 39.1 Å². The number of nitrogens with zero attached hydrogens (tertiary/aromatic N) is 1. The average Bonchev–Trinajstić information content (AvgIpc) is 3.05. The van der Waals surface area contributed by atoms with Crippen LogP contribution in [0.4, 0.5) is 11.4 Å². The molecule has 35 heavy (non-hydrogen) atoms. The number of hydrogen-bond donors (Lipinski definition) is 2. The van der Waals surface area contributed by atoms with Crippen LogP contribution in [0, 0.1) is 0 Å². The van der Waals surface area contributed by atoms with E-state index in [2.05, 4.69) is 10.6 Å². The fraction of sp³-hybridized carbons (Fsp3) is 0.231. The van der Waals surface area contributed by atoms with Gasteiger partial charge in [-0.1, -0.05) is 54.6 Å². The normalized spacial score (nSPS) is 16.3. The standard InChI is InChI=1S/C26H27N3O5S/c1-18(19-10-4-3-5-11-19)27-25(30)20-12-6-7-13-21(20)28-26(31)24-16-17-29(35(2,32)33)22-14-8-9-15-23(22)34-24/h3-15,18,24H,16-17H2,1-2H3,(H,27,30)(H,28,31). The van der Waals surface area contributed by atoms with Crippen LogP contribution in [0.15, 0.2) is 78.9 Å². The summed E-state index contributed by atoms with van der Waals surface area (Å²) in [6, 6.07) is 22.8. The van der Waals surface area contributed by atoms with Crippen molar-refractivity contribution in [1.29, 1.82) is 0 Å². The summed E-state index contributed by atoms with van der Waals surface area (Å²) in [6.45, 7) is 1.98. The third kappa shape index (κ3) is 5.63. The second-order valence-corrected chi connectivity index (χ2v) is 10.2. The Hall–Kier alpha value is -3.85. The molecule has 3 aromatic carbocycles. The van der Waals surface area contributed by atoms with Crippen LogP contribution in [-0.2, 0) is 14.8 Å². The minimum Gasteiger partial charge on any atom is -0.478 e. The lowest BCUT2D eigenvalue weighted by atomic mass is 10.1. The molecule has 1 heterocycles. The van der Waals surface area contributed by atoms with Gasteiger partial charge in [0.25, 0.3) is 11.8 Å². The topological polar surface area (TPSA) is 105 Å². The Labute approximate surface area is 205 Å². The van der Waals surface area contributed by atoms with Gasteiger partial charge in [-0.2, -0.15) is 0 Å². The summed E-state index contributed by atoms with van der Waals surface area (Å²) < 4.78 is 31.8. The molecular weight excluding hydrogens is 466 g/mol. The van der Waals surface area contributed by atoms with Gasteiger partial charge in [-0.15, -0.1) is 0 Å². The molecule has 1 aliphatic heterocycles. The van der Waals surface area contributed by atoms with Crippen LogP contribution in [0.5, 0.6) is 5.75 Å². The molecule has 0 saturated carbocycles. The second-order valence-electron chi connectivity index (χ2n) is 8.34. The lowest BCUT2D eigenvalue weighted by Gasteiger charge is -2.20. The highest BCUT2D eigenvalue weighted by Gasteiger charge is 2.31. The van der Waals surface area contributed by atoms with Crippen LogP contribution in [0.3, 0.4) is 0 Å². The molecule has 0 aliphatic carbocycles. The van der Waals surface area contributed by atoms with Gasteiger partial charge in [0.1, 0.15) is 5.75 Å². The van der Waals surface area contributed by atoms with Crippen LogP contribution >= 0.6 is 0 Å². The Morgan fingerprint density at radius 3 is 2.37 bits per heavy atom. The quantitative estimate of drug-likeness (QED) is 0.544. The zero-order chi connectivity index (χ0) is 25.0. The summed E-state index contributed by atoms with van der Waals surface area (Å²) in [5, 5.41) is 5.75. The number of benzene rings is 3. The molecular formula is C26H27N3O5S. The van der Waals surface area contributed by atoms with Crippen molar-refractivity contribution in [1.82, 2.24) is 5.32 Å². The van der Waals surface area contributed by atoms with Gasteiger partial charge in [-0.3, -0.25) is 13.9 Å². The summed E-state index contributed by atoms with van der Waals surface area (Å²) in [4.78, 5) is 26.2. The lowest BCUT2D eigenvalue weighted by molar-refractivity contribution is -0.122. The van der Waals surface area contributed by atoms with Gasteiger partial charge in [0.2, 0.25) is 10.0 Å². The number of fused-ring (bicyclic) bond motifs is 1. The summed E-state index contributed by atoms with van der Waals surface area (Å²) in [7, 11) is -3.55. The fourth-order valence-corrected chi connectivity index (χ4v) is 4.91. The number of sulfonamides is 1. The monoisotopic (exact) mass is 493 g/mol. The number of ether oxygens (including phenoxy) is 1. The largest absolute Gasteiger partial charge is 0.478 e. The van der Waals surface area contributed by atoms with Gasteiger partial charge in [-0.05, 0) is 36.8 Å². The third-order valence-corrected chi connectivity index (χ3v) is 6.95. The highest BCUT2D eigenvalue weighted by atomic mass is 32.2. The summed E-state index contributed by atoms with van der Waals surface area (Å²) >= 11 is 0. The first kappa shape index (κ1) is 24.3. The van der Waals surface area contributed by atoms with Crippen molar-refractivity contribution in [2.45, 2.75) is 25.5 Å². The first-order chi connectivity index (χ1) is 16.7. The first-order valence-corrected chi connectivity index (χ1v) is 13.1. The molecule has 182 valence electrons. The van der Waals surface area contributed by atoms with Crippen molar-refractivity contribution in [2.75, 3.05) is 22.4 Å². The number of amides is 2. The van der Waals surface area contributed by atoms with Crippen LogP contribution in [0.1, 0.15) is 35.3 Å². The molecule has 4 rings (SSSR count). The Kier molecular flexibility index (Phi) is 7.07. The number of anilines is 2. The second kappa shape index (κ2) is 10.2. The van der Waals surface area contributed by atoms with Gasteiger partial charge in [0.05, 0.1) is 29.2 Å². The number of para-hydroxylation sites is 3. The molecule has 2 atom stereocenters. The first-order valence-electron chi connectivity index (χ1n) is 11.2. The third-order valence-electron chi connectivity index (χ3n) is 5.77. The van der Waals surface area contributed by atoms with E-state index >= 15 is 0 Å². The van der Waals surface area contributed by atoms with E-state index in [4.69, 9.17) is 4.74 Å². The molecule has 2 amide bonds. The average molecular weight is 494 g/mol. The van der Waals surface area contributed by atoms with Crippen molar-refractivity contribution in [2.24, 2.45) is 0 Å². The predicted molar refractivity (Wildman–Crippen MR) is 135 cm³/mol. The SMILES string of the molecule is CC(NC(=O)c1ccccc1NC(=O)C1CCN(S(C)(=O)=O)c2ccccc2O1)c1ccccc1. The predicted octanol–water partition coefficient (Wildman–Crippen LogP) is 3.73. The van der Waals surface area contributed by atoms with E-state index in [-0.39, 0.29) is 24.9 Å². The Bertz CT molecular complexity index is 1330. The molecule has 0 spiro atoms. The van der Waals surface area contributed by atoms with Crippen LogP contribution in [0.25, 0.3) is 0 Å². The molecule has 9 heteroatoms. The van der Waals surface area contributed by atoms with E-state index in [0.717, 1.165) is 11.8 Å². The zero-order valence-corrected chi connectivity index (χ0v) is 20.3. The van der Waals surface area contributed by atoms with E-state index in [1.54, 1.807) is 48.5 Å². The number of rotatable bonds is 6. The number of hydrogen-bond acceptors (Lipinski definition) is 5. The van der Waals surface area contributed by atoms with Gasteiger partial charge in [0.15, 0.2) is 6.10 Å². The van der Waals surface area contributed by atoms with Crippen molar-refractivity contribution < 1.29 is 22.7 Å². The van der Waals surface area contributed by atoms with E-state index < -0.39 is 22.0 Å². The maximum Gasteiger partial charge on any atom is 0.265 e. The van der Waals surface area contributed by atoms with Gasteiger partial charge in [-0.25, -0.2) is 8.42 Å². The number of carbonyl (C=O) groups excluding carboxylic acids is 2. The van der Waals surface area contributed by atoms with Crippen LogP contribution in [0.2, 0.25) is 0 Å². The fourth-order valence-electron chi connectivity index (χ4n) is 3.96. The Balaban J connectivity index is 1.52. The van der Waals surface area contributed by atoms with Crippen molar-refractivity contribution in [3.8, 4) is 5.75 Å². The molecule has 0 saturated heterocycles. The number of nitrogens with one attached hydrogen (secondary N) is 2. The van der Waals surface area contributed by atoms with E-state index in [1.165, 1.54) is 4.31 Å². The molecule has 3 aromatic rings. The van der Waals surface area contributed by atoms with Gasteiger partial charge < -0.3 is 15.4 Å². The molecule has 2 unspecified atom stereocenters. The van der Waals surface area contributed by atoms with E-state index in [1.807, 2.05) is 37.3 Å². The Morgan fingerprint density at radius 1 is 0.971 bits per heavy atom. The summed E-state index contributed by atoms with van der Waals surface area (Å²) in [5.41, 5.74) is 2.01. The summed E-state index contributed by atoms with van der Waals surface area (Å²) in [6.07, 6.45) is 0.324. The molecule has 2 N–H and O–H groups in total. The van der Waals surface area contributed by atoms with Gasteiger partial charge in [0, 0.05) is 13.0 Å². The molecule has 0 radical (unpaired) electrons. The maximum atomic E-state index is 13.2. The van der Waals surface area contributed by atoms with Crippen molar-refractivity contribution >= 4 is 33.2 Å². The van der Waals surface area contributed by atoms with Gasteiger partial charge >= 0.3 is 0 Å². The summed E-state index contributed by atoms with van der Waals surface area (Å²) in [5.74, 6) is -0.488. The molecule has 0 bridgehead atoms. The highest BCUT2D eigenvalue weighted by molar-refractivity contribution is 7.92. The maximum absolute atomic E-state index is 13.2. The number of carbonyl (C=O) groups is 2. The minimum atomic E-state index is -3.55. The van der Waals surface area contributed by atoms with Crippen molar-refractivity contribution in [3.05, 3.63) is 90.0 Å². The van der Waals surface area contributed by atoms with Crippen LogP contribution < -0.4 is 19.7 Å².